The number of aromatic nitrogens is 2. The van der Waals surface area contributed by atoms with Gasteiger partial charge in [0.2, 0.25) is 5.91 Å². The van der Waals surface area contributed by atoms with Crippen molar-refractivity contribution in [3.05, 3.63) is 42.5 Å². The number of nitrogens with zero attached hydrogens (tertiary/aromatic N) is 1. The van der Waals surface area contributed by atoms with E-state index < -0.39 is 0 Å². The van der Waals surface area contributed by atoms with Gasteiger partial charge < -0.3 is 14.8 Å². The lowest BCUT2D eigenvalue weighted by Crippen LogP contribution is -2.29. The Hall–Kier alpha value is -2.67. The second-order valence-corrected chi connectivity index (χ2v) is 6.83. The molecule has 6 nitrogen and oxygen atoms in total. The first-order valence-electron chi connectivity index (χ1n) is 8.91. The van der Waals surface area contributed by atoms with E-state index in [4.69, 9.17) is 9.47 Å². The number of H-pyrrole nitrogens is 1. The van der Waals surface area contributed by atoms with Gasteiger partial charge in [-0.1, -0.05) is 12.1 Å². The fourth-order valence-electron chi connectivity index (χ4n) is 2.78. The van der Waals surface area contributed by atoms with E-state index in [0.717, 1.165) is 16.2 Å². The van der Waals surface area contributed by atoms with Crippen molar-refractivity contribution in [1.29, 1.82) is 0 Å². The Bertz CT molecular complexity index is 939. The van der Waals surface area contributed by atoms with Crippen LogP contribution in [0.4, 0.5) is 5.69 Å². The average molecular weight is 386 g/mol. The number of anilines is 1. The van der Waals surface area contributed by atoms with Crippen molar-refractivity contribution in [1.82, 2.24) is 4.98 Å². The predicted octanol–water partition coefficient (Wildman–Crippen LogP) is 3.52. The molecule has 0 saturated heterocycles. The lowest BCUT2D eigenvalue weighted by Gasteiger charge is -2.13. The third kappa shape index (κ3) is 4.54. The Morgan fingerprint density at radius 3 is 2.67 bits per heavy atom. The van der Waals surface area contributed by atoms with Crippen LogP contribution in [0.25, 0.3) is 11.0 Å². The maximum absolute atomic E-state index is 12.5. The summed E-state index contributed by atoms with van der Waals surface area (Å²) in [6.45, 7) is 4.92. The molecule has 1 aromatic heterocycles. The Labute approximate surface area is 162 Å². The van der Waals surface area contributed by atoms with Gasteiger partial charge in [0, 0.05) is 6.07 Å². The third-order valence-electron chi connectivity index (χ3n) is 3.99. The number of aryl methyl sites for hydroxylation is 1. The largest absolute Gasteiger partial charge is 0.494 e. The van der Waals surface area contributed by atoms with Crippen LogP contribution in [0, 0.1) is 0 Å². The Balaban J connectivity index is 1.69. The van der Waals surface area contributed by atoms with Gasteiger partial charge in [0.05, 0.1) is 31.7 Å². The molecule has 1 heterocycles. The van der Waals surface area contributed by atoms with Crippen molar-refractivity contribution < 1.29 is 18.8 Å². The average Bonchev–Trinajstić information content (AvgIpc) is 2.99. The highest BCUT2D eigenvalue weighted by molar-refractivity contribution is 7.99. The molecule has 0 unspecified atom stereocenters. The molecule has 0 saturated carbocycles. The molecule has 7 heteroatoms. The number of benzene rings is 2. The molecule has 2 aromatic carbocycles. The number of para-hydroxylation sites is 2. The fraction of sp³-hybridized carbons (Fsp3) is 0.300. The van der Waals surface area contributed by atoms with Crippen molar-refractivity contribution in [2.45, 2.75) is 19.0 Å². The molecular weight excluding hydrogens is 362 g/mol. The number of carbonyl (C=O) groups excluding carboxylic acids is 1. The number of rotatable bonds is 8. The molecule has 3 rings (SSSR count). The second-order valence-electron chi connectivity index (χ2n) is 5.87. The molecule has 0 fully saturated rings. The lowest BCUT2D eigenvalue weighted by molar-refractivity contribution is -0.683. The topological polar surface area (TPSA) is 67.2 Å². The van der Waals surface area contributed by atoms with Crippen LogP contribution in [0.1, 0.15) is 13.8 Å². The number of fused-ring (bicyclic) bond motifs is 1. The zero-order valence-electron chi connectivity index (χ0n) is 15.7. The van der Waals surface area contributed by atoms with Crippen LogP contribution >= 0.6 is 11.8 Å². The first-order chi connectivity index (χ1) is 13.1. The van der Waals surface area contributed by atoms with Crippen molar-refractivity contribution >= 4 is 34.4 Å². The molecule has 0 atom stereocenters. The van der Waals surface area contributed by atoms with Gasteiger partial charge in [-0.15, -0.1) is 0 Å². The molecule has 2 N–H and O–H groups in total. The number of ether oxygens (including phenoxy) is 2. The minimum Gasteiger partial charge on any atom is -0.494 e. The van der Waals surface area contributed by atoms with E-state index in [9.17, 15) is 4.79 Å². The third-order valence-corrected chi connectivity index (χ3v) is 5.04. The zero-order chi connectivity index (χ0) is 19.2. The quantitative estimate of drug-likeness (QED) is 0.459. The molecule has 0 aliphatic carbocycles. The summed E-state index contributed by atoms with van der Waals surface area (Å²) in [5, 5.41) is 3.86. The molecule has 0 radical (unpaired) electrons. The molecule has 0 bridgehead atoms. The summed E-state index contributed by atoms with van der Waals surface area (Å²) in [6.07, 6.45) is 0. The maximum atomic E-state index is 12.5. The number of carbonyl (C=O) groups is 1. The summed E-state index contributed by atoms with van der Waals surface area (Å²) < 4.78 is 13.2. The van der Waals surface area contributed by atoms with Gasteiger partial charge in [0.25, 0.3) is 0 Å². The number of hydrogen-bond acceptors (Lipinski definition) is 4. The minimum atomic E-state index is -0.103. The summed E-state index contributed by atoms with van der Waals surface area (Å²) in [6, 6.07) is 13.5. The summed E-state index contributed by atoms with van der Waals surface area (Å²) in [7, 11) is 1.98. The normalized spacial score (nSPS) is 10.8. The Morgan fingerprint density at radius 2 is 1.93 bits per heavy atom. The molecule has 0 aliphatic heterocycles. The SMILES string of the molecule is CCOc1ccc(OCC)c(NC(=O)CSc2[nH]c3ccccc3[n+]2C)c1. The number of hydrogen-bond donors (Lipinski definition) is 2. The van der Waals surface area contributed by atoms with Crippen LogP contribution < -0.4 is 19.4 Å². The second kappa shape index (κ2) is 8.81. The number of amides is 1. The first-order valence-corrected chi connectivity index (χ1v) is 9.90. The van der Waals surface area contributed by atoms with Crippen LogP contribution in [0.15, 0.2) is 47.6 Å². The highest BCUT2D eigenvalue weighted by Crippen LogP contribution is 2.30. The van der Waals surface area contributed by atoms with Gasteiger partial charge >= 0.3 is 5.16 Å². The smallest absolute Gasteiger partial charge is 0.317 e. The number of thioether (sulfide) groups is 1. The summed E-state index contributed by atoms with van der Waals surface area (Å²) in [5.74, 6) is 1.51. The Morgan fingerprint density at radius 1 is 1.15 bits per heavy atom. The van der Waals surface area contributed by atoms with Crippen LogP contribution in [-0.2, 0) is 11.8 Å². The molecule has 142 valence electrons. The van der Waals surface area contributed by atoms with E-state index in [-0.39, 0.29) is 11.7 Å². The van der Waals surface area contributed by atoms with E-state index in [0.29, 0.717) is 30.4 Å². The van der Waals surface area contributed by atoms with E-state index >= 15 is 0 Å². The molecule has 0 aliphatic rings. The molecule has 27 heavy (non-hydrogen) atoms. The lowest BCUT2D eigenvalue weighted by atomic mass is 10.2. The molecule has 0 spiro atoms. The van der Waals surface area contributed by atoms with Crippen LogP contribution in [0.3, 0.4) is 0 Å². The molecule has 3 aromatic rings. The minimum absolute atomic E-state index is 0.103. The molecular formula is C20H24N3O3S+. The Kier molecular flexibility index (Phi) is 6.24. The van der Waals surface area contributed by atoms with Crippen LogP contribution in [0.5, 0.6) is 11.5 Å². The van der Waals surface area contributed by atoms with Crippen molar-refractivity contribution in [3.8, 4) is 11.5 Å². The monoisotopic (exact) mass is 386 g/mol. The molecule has 1 amide bonds. The van der Waals surface area contributed by atoms with Gasteiger partial charge in [0.15, 0.2) is 11.0 Å². The summed E-state index contributed by atoms with van der Waals surface area (Å²) in [4.78, 5) is 15.8. The number of nitrogens with one attached hydrogen (secondary N) is 2. The van der Waals surface area contributed by atoms with Gasteiger partial charge in [-0.25, -0.2) is 9.55 Å². The number of imidazole rings is 1. The van der Waals surface area contributed by atoms with Crippen molar-refractivity contribution in [2.75, 3.05) is 24.3 Å². The predicted molar refractivity (Wildman–Crippen MR) is 108 cm³/mol. The van der Waals surface area contributed by atoms with E-state index in [2.05, 4.69) is 14.9 Å². The highest BCUT2D eigenvalue weighted by atomic mass is 32.2. The van der Waals surface area contributed by atoms with E-state index in [1.54, 1.807) is 6.07 Å². The summed E-state index contributed by atoms with van der Waals surface area (Å²) >= 11 is 1.46. The van der Waals surface area contributed by atoms with Gasteiger partial charge in [-0.3, -0.25) is 4.79 Å². The van der Waals surface area contributed by atoms with Crippen molar-refractivity contribution in [2.24, 2.45) is 7.05 Å². The standard InChI is InChI=1S/C20H23N3O3S/c1-4-25-14-10-11-18(26-5-2)16(12-14)21-19(24)13-27-20-22-15-8-6-7-9-17(15)23(20)3/h6-12H,4-5,13H2,1-3H3,(H,21,24)/p+1. The van der Waals surface area contributed by atoms with Crippen molar-refractivity contribution in [3.63, 3.8) is 0 Å². The van der Waals surface area contributed by atoms with E-state index in [1.165, 1.54) is 11.8 Å². The van der Waals surface area contributed by atoms with Gasteiger partial charge in [-0.05, 0) is 49.9 Å². The van der Waals surface area contributed by atoms with Gasteiger partial charge in [-0.2, -0.15) is 0 Å². The van der Waals surface area contributed by atoms with Gasteiger partial charge in [0.1, 0.15) is 11.5 Å². The fourth-order valence-corrected chi connectivity index (χ4v) is 3.59. The first kappa shape index (κ1) is 19.1. The number of aromatic amines is 1. The summed E-state index contributed by atoms with van der Waals surface area (Å²) in [5.41, 5.74) is 2.77. The van der Waals surface area contributed by atoms with E-state index in [1.807, 2.05) is 57.3 Å². The van der Waals surface area contributed by atoms with Crippen LogP contribution in [0.2, 0.25) is 0 Å². The zero-order valence-corrected chi connectivity index (χ0v) is 16.6. The van der Waals surface area contributed by atoms with Crippen LogP contribution in [-0.4, -0.2) is 29.9 Å². The maximum Gasteiger partial charge on any atom is 0.317 e. The highest BCUT2D eigenvalue weighted by Gasteiger charge is 2.17.